The van der Waals surface area contributed by atoms with Crippen molar-refractivity contribution in [2.75, 3.05) is 20.1 Å². The first-order valence-corrected chi connectivity index (χ1v) is 6.61. The molecule has 1 aliphatic heterocycles. The van der Waals surface area contributed by atoms with Crippen molar-refractivity contribution in [3.05, 3.63) is 35.5 Å². The molecule has 0 amide bonds. The Morgan fingerprint density at radius 1 is 1.24 bits per heavy atom. The van der Waals surface area contributed by atoms with E-state index >= 15 is 0 Å². The number of likely N-dealkylation sites (tertiary alicyclic amines) is 1. The molecule has 2 heteroatoms. The van der Waals surface area contributed by atoms with E-state index in [9.17, 15) is 0 Å². The Hall–Kier alpha value is -1.28. The third kappa shape index (κ3) is 1.31. The van der Waals surface area contributed by atoms with Gasteiger partial charge in [-0.25, -0.2) is 0 Å². The third-order valence-electron chi connectivity index (χ3n) is 4.59. The molecule has 0 spiro atoms. The molecule has 88 valence electrons. The highest BCUT2D eigenvalue weighted by Crippen LogP contribution is 2.43. The molecule has 0 radical (unpaired) electrons. The lowest BCUT2D eigenvalue weighted by Crippen LogP contribution is -2.18. The molecule has 0 saturated carbocycles. The molecule has 2 aromatic rings. The number of nitrogens with one attached hydrogen (secondary N) is 1. The highest BCUT2D eigenvalue weighted by Gasteiger charge is 2.37. The monoisotopic (exact) mass is 226 g/mol. The first-order valence-electron chi connectivity index (χ1n) is 6.61. The Labute approximate surface area is 102 Å². The maximum atomic E-state index is 3.62. The maximum Gasteiger partial charge on any atom is 0.0459 e. The molecule has 1 N–H and O–H groups in total. The molecule has 2 heterocycles. The van der Waals surface area contributed by atoms with Crippen LogP contribution >= 0.6 is 0 Å². The van der Waals surface area contributed by atoms with Crippen LogP contribution in [0.2, 0.25) is 0 Å². The van der Waals surface area contributed by atoms with E-state index in [-0.39, 0.29) is 0 Å². The minimum atomic E-state index is 0.764. The average molecular weight is 226 g/mol. The number of benzene rings is 1. The zero-order valence-corrected chi connectivity index (χ0v) is 10.2. The van der Waals surface area contributed by atoms with Gasteiger partial charge >= 0.3 is 0 Å². The largest absolute Gasteiger partial charge is 0.358 e. The summed E-state index contributed by atoms with van der Waals surface area (Å²) in [6.45, 7) is 2.52. The normalized spacial score (nSPS) is 28.3. The fraction of sp³-hybridized carbons (Fsp3) is 0.467. The van der Waals surface area contributed by atoms with Gasteiger partial charge in [0.05, 0.1) is 0 Å². The lowest BCUT2D eigenvalue weighted by Gasteiger charge is -2.24. The summed E-state index contributed by atoms with van der Waals surface area (Å²) in [5.41, 5.74) is 4.46. The van der Waals surface area contributed by atoms with Crippen molar-refractivity contribution < 1.29 is 0 Å². The van der Waals surface area contributed by atoms with Gasteiger partial charge in [-0.1, -0.05) is 18.2 Å². The summed E-state index contributed by atoms with van der Waals surface area (Å²) in [6.07, 6.45) is 2.59. The summed E-state index contributed by atoms with van der Waals surface area (Å²) >= 11 is 0. The van der Waals surface area contributed by atoms with Crippen molar-refractivity contribution in [2.45, 2.75) is 18.8 Å². The first kappa shape index (κ1) is 9.72. The van der Waals surface area contributed by atoms with Crippen molar-refractivity contribution in [1.29, 1.82) is 0 Å². The van der Waals surface area contributed by atoms with Crippen LogP contribution in [0.25, 0.3) is 10.9 Å². The minimum absolute atomic E-state index is 0.764. The van der Waals surface area contributed by atoms with E-state index in [1.54, 1.807) is 5.56 Å². The van der Waals surface area contributed by atoms with Gasteiger partial charge in [0.1, 0.15) is 0 Å². The molecule has 0 bridgehead atoms. The number of aromatic nitrogens is 1. The maximum absolute atomic E-state index is 3.62. The number of para-hydroxylation sites is 1. The predicted octanol–water partition coefficient (Wildman–Crippen LogP) is 2.76. The van der Waals surface area contributed by atoms with Crippen LogP contribution < -0.4 is 0 Å². The van der Waals surface area contributed by atoms with Gasteiger partial charge in [-0.05, 0) is 37.4 Å². The summed E-state index contributed by atoms with van der Waals surface area (Å²) in [6, 6.07) is 8.79. The van der Waals surface area contributed by atoms with Gasteiger partial charge in [0.15, 0.2) is 0 Å². The fourth-order valence-corrected chi connectivity index (χ4v) is 3.88. The van der Waals surface area contributed by atoms with Crippen molar-refractivity contribution >= 4 is 10.9 Å². The quantitative estimate of drug-likeness (QED) is 0.732. The molecule has 2 aliphatic rings. The number of aryl methyl sites for hydroxylation is 1. The van der Waals surface area contributed by atoms with Crippen LogP contribution in [0, 0.1) is 5.92 Å². The number of fused-ring (bicyclic) bond motifs is 5. The van der Waals surface area contributed by atoms with E-state index in [1.807, 2.05) is 0 Å². The Bertz CT molecular complexity index is 569. The average Bonchev–Trinajstić information content (AvgIpc) is 2.87. The second-order valence-electron chi connectivity index (χ2n) is 5.69. The van der Waals surface area contributed by atoms with Gasteiger partial charge in [-0.15, -0.1) is 0 Å². The molecule has 1 saturated heterocycles. The smallest absolute Gasteiger partial charge is 0.0459 e. The Kier molecular flexibility index (Phi) is 1.92. The van der Waals surface area contributed by atoms with Gasteiger partial charge in [-0.2, -0.15) is 0 Å². The van der Waals surface area contributed by atoms with E-state index in [1.165, 1.54) is 42.5 Å². The minimum Gasteiger partial charge on any atom is -0.358 e. The summed E-state index contributed by atoms with van der Waals surface area (Å²) in [4.78, 5) is 6.12. The van der Waals surface area contributed by atoms with E-state index < -0.39 is 0 Å². The number of likely N-dealkylation sites (N-methyl/N-ethyl adjacent to an activating group) is 1. The molecular formula is C15H18N2. The lowest BCUT2D eigenvalue weighted by atomic mass is 9.79. The topological polar surface area (TPSA) is 19.0 Å². The molecule has 1 aliphatic carbocycles. The molecule has 1 aromatic heterocycles. The van der Waals surface area contributed by atoms with E-state index in [4.69, 9.17) is 0 Å². The van der Waals surface area contributed by atoms with Crippen LogP contribution in [0.1, 0.15) is 23.6 Å². The highest BCUT2D eigenvalue weighted by molar-refractivity contribution is 5.85. The Morgan fingerprint density at radius 3 is 3.06 bits per heavy atom. The fourth-order valence-electron chi connectivity index (χ4n) is 3.88. The predicted molar refractivity (Wildman–Crippen MR) is 70.3 cm³/mol. The number of hydrogen-bond acceptors (Lipinski definition) is 1. The van der Waals surface area contributed by atoms with Crippen LogP contribution in [-0.2, 0) is 6.42 Å². The van der Waals surface area contributed by atoms with Crippen LogP contribution in [0.3, 0.4) is 0 Å². The van der Waals surface area contributed by atoms with Crippen molar-refractivity contribution in [3.8, 4) is 0 Å². The van der Waals surface area contributed by atoms with Gasteiger partial charge in [0.2, 0.25) is 0 Å². The van der Waals surface area contributed by atoms with Crippen molar-refractivity contribution in [2.24, 2.45) is 5.92 Å². The van der Waals surface area contributed by atoms with Crippen molar-refractivity contribution in [3.63, 3.8) is 0 Å². The van der Waals surface area contributed by atoms with Crippen LogP contribution in [0.15, 0.2) is 24.3 Å². The molecule has 17 heavy (non-hydrogen) atoms. The van der Waals surface area contributed by atoms with Crippen LogP contribution in [0.5, 0.6) is 0 Å². The highest BCUT2D eigenvalue weighted by atomic mass is 15.1. The molecule has 1 fully saturated rings. The van der Waals surface area contributed by atoms with Gasteiger partial charge in [-0.3, -0.25) is 0 Å². The SMILES string of the molecule is CN1C[C@@H]2CCc3[nH]c4ccccc4c3[C@@H]2C1. The zero-order chi connectivity index (χ0) is 11.4. The second kappa shape index (κ2) is 3.36. The third-order valence-corrected chi connectivity index (χ3v) is 4.59. The summed E-state index contributed by atoms with van der Waals surface area (Å²) in [5.74, 6) is 1.65. The molecule has 2 atom stereocenters. The molecule has 4 rings (SSSR count). The van der Waals surface area contributed by atoms with Crippen LogP contribution in [0.4, 0.5) is 0 Å². The summed E-state index contributed by atoms with van der Waals surface area (Å²) in [5, 5.41) is 1.47. The van der Waals surface area contributed by atoms with E-state index in [0.717, 1.165) is 11.8 Å². The van der Waals surface area contributed by atoms with Gasteiger partial charge < -0.3 is 9.88 Å². The lowest BCUT2D eigenvalue weighted by molar-refractivity contribution is 0.386. The number of hydrogen-bond donors (Lipinski definition) is 1. The molecule has 1 aromatic carbocycles. The van der Waals surface area contributed by atoms with E-state index in [2.05, 4.69) is 41.2 Å². The molecule has 2 nitrogen and oxygen atoms in total. The Morgan fingerprint density at radius 2 is 2.12 bits per heavy atom. The Balaban J connectivity index is 1.94. The molecular weight excluding hydrogens is 208 g/mol. The molecule has 0 unspecified atom stereocenters. The summed E-state index contributed by atoms with van der Waals surface area (Å²) in [7, 11) is 2.26. The number of H-pyrrole nitrogens is 1. The first-order chi connectivity index (χ1) is 8.33. The number of nitrogens with zero attached hydrogens (tertiary/aromatic N) is 1. The summed E-state index contributed by atoms with van der Waals surface area (Å²) < 4.78 is 0. The van der Waals surface area contributed by atoms with Gasteiger partial charge in [0.25, 0.3) is 0 Å². The number of aromatic amines is 1. The second-order valence-corrected chi connectivity index (χ2v) is 5.69. The van der Waals surface area contributed by atoms with E-state index in [0.29, 0.717) is 0 Å². The standard InChI is InChI=1S/C15H18N2/c1-17-8-10-6-7-14-15(12(10)9-17)11-4-2-3-5-13(11)16-14/h2-5,10,12,16H,6-9H2,1H3/t10-,12+/m0/s1. The number of rotatable bonds is 0. The van der Waals surface area contributed by atoms with Gasteiger partial charge in [0, 0.05) is 35.6 Å². The van der Waals surface area contributed by atoms with Crippen molar-refractivity contribution in [1.82, 2.24) is 9.88 Å². The zero-order valence-electron chi connectivity index (χ0n) is 10.2. The van der Waals surface area contributed by atoms with Crippen LogP contribution in [-0.4, -0.2) is 30.0 Å².